The number of ketones is 1. The number of allylic oxidation sites excluding steroid dienone is 1. The van der Waals surface area contributed by atoms with Crippen LogP contribution in [-0.4, -0.2) is 17.9 Å². The van der Waals surface area contributed by atoms with Gasteiger partial charge in [0.15, 0.2) is 0 Å². The van der Waals surface area contributed by atoms with Crippen LogP contribution >= 0.6 is 0 Å². The Morgan fingerprint density at radius 1 is 0.700 bits per heavy atom. The molecule has 0 unspecified atom stereocenters. The van der Waals surface area contributed by atoms with Crippen LogP contribution in [0.3, 0.4) is 0 Å². The minimum Gasteiger partial charge on any atom is -0.283 e. The number of hydrogen-bond donors (Lipinski definition) is 0. The van der Waals surface area contributed by atoms with E-state index in [2.05, 4.69) is 4.99 Å². The SMILES string of the molecule is O=C1N=CC(c2ccccc2)=C(c2ccccc2)C1=O. The Hall–Kier alpha value is -2.81. The second-order valence-corrected chi connectivity index (χ2v) is 4.41. The van der Waals surface area contributed by atoms with Crippen molar-refractivity contribution in [2.75, 3.05) is 0 Å². The van der Waals surface area contributed by atoms with Crippen LogP contribution in [0.1, 0.15) is 11.1 Å². The molecule has 1 amide bonds. The maximum absolute atomic E-state index is 12.2. The molecule has 0 fully saturated rings. The Bertz CT molecular complexity index is 728. The number of carbonyl (C=O) groups excluding carboxylic acids is 2. The Labute approximate surface area is 116 Å². The van der Waals surface area contributed by atoms with Gasteiger partial charge in [0.1, 0.15) is 0 Å². The van der Waals surface area contributed by atoms with E-state index in [0.717, 1.165) is 11.1 Å². The maximum Gasteiger partial charge on any atom is 0.318 e. The summed E-state index contributed by atoms with van der Waals surface area (Å²) in [4.78, 5) is 27.4. The van der Waals surface area contributed by atoms with Gasteiger partial charge in [-0.15, -0.1) is 0 Å². The molecule has 20 heavy (non-hydrogen) atoms. The van der Waals surface area contributed by atoms with Gasteiger partial charge < -0.3 is 0 Å². The summed E-state index contributed by atoms with van der Waals surface area (Å²) in [5.41, 5.74) is 2.70. The highest BCUT2D eigenvalue weighted by molar-refractivity contribution is 6.61. The van der Waals surface area contributed by atoms with E-state index in [1.54, 1.807) is 0 Å². The van der Waals surface area contributed by atoms with Crippen molar-refractivity contribution < 1.29 is 9.59 Å². The lowest BCUT2D eigenvalue weighted by atomic mass is 9.90. The topological polar surface area (TPSA) is 46.5 Å². The molecule has 0 N–H and O–H groups in total. The molecule has 0 radical (unpaired) electrons. The van der Waals surface area contributed by atoms with Gasteiger partial charge in [-0.1, -0.05) is 60.7 Å². The molecular weight excluding hydrogens is 250 g/mol. The van der Waals surface area contributed by atoms with E-state index in [1.807, 2.05) is 60.7 Å². The zero-order valence-corrected chi connectivity index (χ0v) is 10.6. The summed E-state index contributed by atoms with van der Waals surface area (Å²) in [5, 5.41) is 0. The van der Waals surface area contributed by atoms with E-state index < -0.39 is 11.7 Å². The highest BCUT2D eigenvalue weighted by Crippen LogP contribution is 2.28. The minimum absolute atomic E-state index is 0.414. The Morgan fingerprint density at radius 3 is 1.85 bits per heavy atom. The largest absolute Gasteiger partial charge is 0.318 e. The quantitative estimate of drug-likeness (QED) is 0.780. The molecule has 0 aliphatic carbocycles. The maximum atomic E-state index is 12.2. The Morgan fingerprint density at radius 2 is 1.25 bits per heavy atom. The average molecular weight is 261 g/mol. The van der Waals surface area contributed by atoms with Gasteiger partial charge >= 0.3 is 5.91 Å². The van der Waals surface area contributed by atoms with Crippen LogP contribution in [0, 0.1) is 0 Å². The fraction of sp³-hybridized carbons (Fsp3) is 0. The lowest BCUT2D eigenvalue weighted by Crippen LogP contribution is -2.19. The van der Waals surface area contributed by atoms with Gasteiger partial charge in [0, 0.05) is 17.4 Å². The van der Waals surface area contributed by atoms with Crippen molar-refractivity contribution >= 4 is 29.1 Å². The van der Waals surface area contributed by atoms with Crippen molar-refractivity contribution in [2.24, 2.45) is 4.99 Å². The molecule has 1 aliphatic heterocycles. The predicted octanol–water partition coefficient (Wildman–Crippen LogP) is 2.78. The molecule has 0 saturated carbocycles. The smallest absolute Gasteiger partial charge is 0.283 e. The normalized spacial score (nSPS) is 14.8. The lowest BCUT2D eigenvalue weighted by molar-refractivity contribution is -0.132. The highest BCUT2D eigenvalue weighted by Gasteiger charge is 2.26. The van der Waals surface area contributed by atoms with Crippen LogP contribution in [0.5, 0.6) is 0 Å². The highest BCUT2D eigenvalue weighted by atomic mass is 16.2. The van der Waals surface area contributed by atoms with Gasteiger partial charge in [-0.05, 0) is 11.1 Å². The zero-order chi connectivity index (χ0) is 13.9. The molecule has 3 nitrogen and oxygen atoms in total. The summed E-state index contributed by atoms with van der Waals surface area (Å²) >= 11 is 0. The number of aliphatic imine (C=N–C) groups is 1. The molecule has 1 heterocycles. The fourth-order valence-electron chi connectivity index (χ4n) is 2.20. The van der Waals surface area contributed by atoms with Crippen LogP contribution in [-0.2, 0) is 9.59 Å². The summed E-state index contributed by atoms with van der Waals surface area (Å²) in [6, 6.07) is 18.7. The lowest BCUT2D eigenvalue weighted by Gasteiger charge is -2.14. The number of dihydropyridines is 1. The summed E-state index contributed by atoms with van der Waals surface area (Å²) in [6.45, 7) is 0. The summed E-state index contributed by atoms with van der Waals surface area (Å²) in [5.74, 6) is -1.28. The third-order valence-electron chi connectivity index (χ3n) is 3.15. The second kappa shape index (κ2) is 5.05. The molecule has 3 heteroatoms. The molecule has 0 saturated heterocycles. The van der Waals surface area contributed by atoms with E-state index in [0.29, 0.717) is 11.1 Å². The average Bonchev–Trinajstić information content (AvgIpc) is 2.51. The molecule has 1 aliphatic rings. The van der Waals surface area contributed by atoms with Crippen LogP contribution in [0.25, 0.3) is 11.1 Å². The van der Waals surface area contributed by atoms with E-state index in [1.165, 1.54) is 6.21 Å². The zero-order valence-electron chi connectivity index (χ0n) is 10.6. The number of benzene rings is 2. The first-order valence-electron chi connectivity index (χ1n) is 6.25. The van der Waals surface area contributed by atoms with E-state index >= 15 is 0 Å². The van der Waals surface area contributed by atoms with Crippen molar-refractivity contribution in [3.8, 4) is 0 Å². The van der Waals surface area contributed by atoms with Crippen LogP contribution < -0.4 is 0 Å². The van der Waals surface area contributed by atoms with Crippen LogP contribution in [0.4, 0.5) is 0 Å². The molecule has 0 atom stereocenters. The summed E-state index contributed by atoms with van der Waals surface area (Å²) in [6.07, 6.45) is 1.47. The Balaban J connectivity index is 2.25. The number of nitrogens with zero attached hydrogens (tertiary/aromatic N) is 1. The van der Waals surface area contributed by atoms with Gasteiger partial charge in [0.25, 0.3) is 5.78 Å². The molecule has 96 valence electrons. The number of amides is 1. The third kappa shape index (κ3) is 2.10. The van der Waals surface area contributed by atoms with E-state index in [-0.39, 0.29) is 0 Å². The van der Waals surface area contributed by atoms with Gasteiger partial charge in [0.05, 0.1) is 0 Å². The van der Waals surface area contributed by atoms with Gasteiger partial charge in [-0.25, -0.2) is 4.99 Å². The molecule has 0 spiro atoms. The Kier molecular flexibility index (Phi) is 3.09. The van der Waals surface area contributed by atoms with E-state index in [4.69, 9.17) is 0 Å². The third-order valence-corrected chi connectivity index (χ3v) is 3.15. The van der Waals surface area contributed by atoms with Crippen molar-refractivity contribution in [2.45, 2.75) is 0 Å². The van der Waals surface area contributed by atoms with Crippen LogP contribution in [0.2, 0.25) is 0 Å². The first kappa shape index (κ1) is 12.2. The number of hydrogen-bond acceptors (Lipinski definition) is 2. The van der Waals surface area contributed by atoms with Crippen molar-refractivity contribution in [3.63, 3.8) is 0 Å². The van der Waals surface area contributed by atoms with Gasteiger partial charge in [-0.2, -0.15) is 0 Å². The fourth-order valence-corrected chi connectivity index (χ4v) is 2.20. The molecule has 2 aromatic rings. The van der Waals surface area contributed by atoms with Gasteiger partial charge in [0.2, 0.25) is 0 Å². The molecule has 3 rings (SSSR count). The van der Waals surface area contributed by atoms with Gasteiger partial charge in [-0.3, -0.25) is 9.59 Å². The standard InChI is InChI=1S/C17H11NO2/c19-16-15(13-9-5-2-6-10-13)14(11-18-17(16)20)12-7-3-1-4-8-12/h1-11H. The predicted molar refractivity (Wildman–Crippen MR) is 78.2 cm³/mol. The van der Waals surface area contributed by atoms with Crippen molar-refractivity contribution in [1.82, 2.24) is 0 Å². The van der Waals surface area contributed by atoms with Crippen molar-refractivity contribution in [1.29, 1.82) is 0 Å². The summed E-state index contributed by atoms with van der Waals surface area (Å²) < 4.78 is 0. The monoisotopic (exact) mass is 261 g/mol. The first-order valence-corrected chi connectivity index (χ1v) is 6.25. The minimum atomic E-state index is -0.719. The number of carbonyl (C=O) groups is 2. The first-order chi connectivity index (χ1) is 9.77. The molecule has 0 aromatic heterocycles. The second-order valence-electron chi connectivity index (χ2n) is 4.41. The van der Waals surface area contributed by atoms with E-state index in [9.17, 15) is 9.59 Å². The molecule has 2 aromatic carbocycles. The van der Waals surface area contributed by atoms with Crippen molar-refractivity contribution in [3.05, 3.63) is 71.8 Å². The molecular formula is C17H11NO2. The number of rotatable bonds is 2. The van der Waals surface area contributed by atoms with Crippen LogP contribution in [0.15, 0.2) is 65.7 Å². The summed E-state index contributed by atoms with van der Waals surface area (Å²) in [7, 11) is 0. The number of Topliss-reactive ketones (excluding diaryl/α,β-unsaturated/α-hetero) is 1. The molecule has 0 bridgehead atoms.